The summed E-state index contributed by atoms with van der Waals surface area (Å²) in [5.41, 5.74) is 2.72. The number of aromatic nitrogens is 2. The third-order valence-electron chi connectivity index (χ3n) is 5.20. The number of halogens is 3. The molecule has 0 fully saturated rings. The molecule has 4 rings (SSSR count). The van der Waals surface area contributed by atoms with E-state index < -0.39 is 21.9 Å². The molecule has 146 valence electrons. The van der Waals surface area contributed by atoms with Crippen LogP contribution < -0.4 is 4.72 Å². The van der Waals surface area contributed by atoms with Crippen molar-refractivity contribution in [3.8, 4) is 5.69 Å². The number of hydrogen-bond acceptors (Lipinski definition) is 3. The number of benzene rings is 1. The van der Waals surface area contributed by atoms with E-state index in [1.165, 1.54) is 4.68 Å². The van der Waals surface area contributed by atoms with E-state index in [4.69, 9.17) is 0 Å². The SMILES string of the molecule is CS(=O)(=O)NC1Cc2ccc(-n3nc(C(F)(F)F)c4c3CCCC4)cc2C1. The zero-order chi connectivity index (χ0) is 19.4. The fourth-order valence-corrected chi connectivity index (χ4v) is 4.93. The lowest BCUT2D eigenvalue weighted by atomic mass is 9.95. The van der Waals surface area contributed by atoms with Crippen molar-refractivity contribution in [3.05, 3.63) is 46.3 Å². The van der Waals surface area contributed by atoms with Gasteiger partial charge in [-0.3, -0.25) is 0 Å². The summed E-state index contributed by atoms with van der Waals surface area (Å²) in [4.78, 5) is 0. The summed E-state index contributed by atoms with van der Waals surface area (Å²) >= 11 is 0. The molecule has 0 radical (unpaired) electrons. The molecule has 0 spiro atoms. The van der Waals surface area contributed by atoms with Gasteiger partial charge in [0.25, 0.3) is 0 Å². The number of fused-ring (bicyclic) bond motifs is 2. The smallest absolute Gasteiger partial charge is 0.237 e. The second kappa shape index (κ2) is 6.34. The molecule has 0 saturated carbocycles. The predicted molar refractivity (Wildman–Crippen MR) is 94.4 cm³/mol. The number of hydrogen-bond donors (Lipinski definition) is 1. The summed E-state index contributed by atoms with van der Waals surface area (Å²) in [6.45, 7) is 0. The van der Waals surface area contributed by atoms with Gasteiger partial charge in [-0.05, 0) is 61.8 Å². The van der Waals surface area contributed by atoms with Gasteiger partial charge in [0.1, 0.15) is 0 Å². The minimum Gasteiger partial charge on any atom is -0.237 e. The highest BCUT2D eigenvalue weighted by atomic mass is 32.2. The maximum atomic E-state index is 13.4. The van der Waals surface area contributed by atoms with E-state index in [1.54, 1.807) is 6.07 Å². The molecule has 2 aliphatic rings. The zero-order valence-corrected chi connectivity index (χ0v) is 15.6. The molecular formula is C18H20F3N3O2S. The van der Waals surface area contributed by atoms with Gasteiger partial charge >= 0.3 is 6.18 Å². The standard InChI is InChI=1S/C18H20F3N3O2S/c1-27(25,26)23-13-8-11-6-7-14(10-12(11)9-13)24-16-5-3-2-4-15(16)17(22-24)18(19,20)21/h6-7,10,13,23H,2-5,8-9H2,1H3. The Bertz CT molecular complexity index is 996. The number of nitrogens with one attached hydrogen (secondary N) is 1. The van der Waals surface area contributed by atoms with Crippen LogP contribution in [0.2, 0.25) is 0 Å². The number of rotatable bonds is 3. The van der Waals surface area contributed by atoms with Crippen molar-refractivity contribution in [2.75, 3.05) is 6.26 Å². The predicted octanol–water partition coefficient (Wildman–Crippen LogP) is 2.79. The average molecular weight is 399 g/mol. The Labute approximate surface area is 155 Å². The lowest BCUT2D eigenvalue weighted by Crippen LogP contribution is -2.34. The first-order valence-electron chi connectivity index (χ1n) is 8.89. The summed E-state index contributed by atoms with van der Waals surface area (Å²) in [6, 6.07) is 5.24. The van der Waals surface area contributed by atoms with Crippen molar-refractivity contribution in [2.45, 2.75) is 50.7 Å². The zero-order valence-electron chi connectivity index (χ0n) is 14.8. The van der Waals surface area contributed by atoms with Crippen LogP contribution in [-0.4, -0.2) is 30.5 Å². The topological polar surface area (TPSA) is 64.0 Å². The molecule has 0 saturated heterocycles. The normalized spacial score (nSPS) is 19.8. The molecule has 5 nitrogen and oxygen atoms in total. The van der Waals surface area contributed by atoms with Gasteiger partial charge in [0.05, 0.1) is 11.9 Å². The van der Waals surface area contributed by atoms with Crippen molar-refractivity contribution in [1.82, 2.24) is 14.5 Å². The molecule has 1 aromatic heterocycles. The van der Waals surface area contributed by atoms with Crippen LogP contribution in [0.15, 0.2) is 18.2 Å². The Morgan fingerprint density at radius 1 is 1.15 bits per heavy atom. The maximum Gasteiger partial charge on any atom is 0.435 e. The Morgan fingerprint density at radius 3 is 2.56 bits per heavy atom. The van der Waals surface area contributed by atoms with Crippen LogP contribution >= 0.6 is 0 Å². The van der Waals surface area contributed by atoms with Crippen molar-refractivity contribution >= 4 is 10.0 Å². The van der Waals surface area contributed by atoms with E-state index in [1.807, 2.05) is 12.1 Å². The van der Waals surface area contributed by atoms with E-state index in [-0.39, 0.29) is 6.04 Å². The summed E-state index contributed by atoms with van der Waals surface area (Å²) < 4.78 is 67.1. The first-order valence-corrected chi connectivity index (χ1v) is 10.8. The van der Waals surface area contributed by atoms with Gasteiger partial charge in [-0.1, -0.05) is 6.07 Å². The summed E-state index contributed by atoms with van der Waals surface area (Å²) in [5.74, 6) is 0. The van der Waals surface area contributed by atoms with E-state index in [0.717, 1.165) is 30.2 Å². The van der Waals surface area contributed by atoms with Crippen LogP contribution in [0.3, 0.4) is 0 Å². The molecule has 9 heteroatoms. The van der Waals surface area contributed by atoms with Gasteiger partial charge in [0, 0.05) is 17.3 Å². The molecule has 2 aromatic rings. The van der Waals surface area contributed by atoms with Crippen molar-refractivity contribution in [3.63, 3.8) is 0 Å². The number of alkyl halides is 3. The molecule has 1 aromatic carbocycles. The Hall–Kier alpha value is -1.87. The largest absolute Gasteiger partial charge is 0.435 e. The van der Waals surface area contributed by atoms with Gasteiger partial charge in [-0.2, -0.15) is 18.3 Å². The van der Waals surface area contributed by atoms with Crippen LogP contribution in [0.1, 0.15) is 40.9 Å². The quantitative estimate of drug-likeness (QED) is 0.863. The molecule has 1 heterocycles. The first kappa shape index (κ1) is 18.5. The van der Waals surface area contributed by atoms with Crippen LogP contribution in [0, 0.1) is 0 Å². The highest BCUT2D eigenvalue weighted by Crippen LogP contribution is 2.37. The second-order valence-corrected chi connectivity index (χ2v) is 9.12. The molecule has 27 heavy (non-hydrogen) atoms. The molecule has 1 unspecified atom stereocenters. The summed E-state index contributed by atoms with van der Waals surface area (Å²) in [5, 5.41) is 3.92. The fraction of sp³-hybridized carbons (Fsp3) is 0.500. The number of sulfonamides is 1. The Kier molecular flexibility index (Phi) is 4.34. The second-order valence-electron chi connectivity index (χ2n) is 7.34. The highest BCUT2D eigenvalue weighted by molar-refractivity contribution is 7.88. The van der Waals surface area contributed by atoms with Crippen molar-refractivity contribution < 1.29 is 21.6 Å². The maximum absolute atomic E-state index is 13.4. The fourth-order valence-electron chi connectivity index (χ4n) is 4.16. The number of nitrogens with zero attached hydrogens (tertiary/aromatic N) is 2. The van der Waals surface area contributed by atoms with E-state index in [0.29, 0.717) is 42.6 Å². The van der Waals surface area contributed by atoms with Crippen LogP contribution in [0.25, 0.3) is 5.69 Å². The third-order valence-corrected chi connectivity index (χ3v) is 5.96. The molecule has 2 aliphatic carbocycles. The summed E-state index contributed by atoms with van der Waals surface area (Å²) in [7, 11) is -3.31. The minimum absolute atomic E-state index is 0.220. The monoisotopic (exact) mass is 399 g/mol. The first-order chi connectivity index (χ1) is 12.6. The van der Waals surface area contributed by atoms with Gasteiger partial charge in [0.2, 0.25) is 10.0 Å². The van der Waals surface area contributed by atoms with Crippen LogP contribution in [0.5, 0.6) is 0 Å². The lowest BCUT2D eigenvalue weighted by molar-refractivity contribution is -0.142. The van der Waals surface area contributed by atoms with Crippen molar-refractivity contribution in [1.29, 1.82) is 0 Å². The van der Waals surface area contributed by atoms with E-state index in [2.05, 4.69) is 9.82 Å². The molecule has 0 amide bonds. The molecule has 1 atom stereocenters. The van der Waals surface area contributed by atoms with Gasteiger partial charge < -0.3 is 0 Å². The third kappa shape index (κ3) is 3.62. The van der Waals surface area contributed by atoms with Gasteiger partial charge in [-0.25, -0.2) is 17.8 Å². The lowest BCUT2D eigenvalue weighted by Gasteiger charge is -2.15. The van der Waals surface area contributed by atoms with E-state index in [9.17, 15) is 21.6 Å². The van der Waals surface area contributed by atoms with E-state index >= 15 is 0 Å². The average Bonchev–Trinajstić information content (AvgIpc) is 3.12. The van der Waals surface area contributed by atoms with Crippen molar-refractivity contribution in [2.24, 2.45) is 0 Å². The van der Waals surface area contributed by atoms with Crippen LogP contribution in [0.4, 0.5) is 13.2 Å². The van der Waals surface area contributed by atoms with Gasteiger partial charge in [0.15, 0.2) is 5.69 Å². The van der Waals surface area contributed by atoms with Gasteiger partial charge in [-0.15, -0.1) is 0 Å². The molecule has 0 bridgehead atoms. The molecule has 1 N–H and O–H groups in total. The molecular weight excluding hydrogens is 379 g/mol. The highest BCUT2D eigenvalue weighted by Gasteiger charge is 2.39. The minimum atomic E-state index is -4.46. The summed E-state index contributed by atoms with van der Waals surface area (Å²) in [6.07, 6.45) is 0.318. The molecule has 0 aliphatic heterocycles. The Balaban J connectivity index is 1.71. The van der Waals surface area contributed by atoms with Crippen LogP contribution in [-0.2, 0) is 41.9 Å². The Morgan fingerprint density at radius 2 is 1.85 bits per heavy atom.